The van der Waals surface area contributed by atoms with E-state index in [1.165, 1.54) is 16.8 Å². The van der Waals surface area contributed by atoms with Crippen LogP contribution in [0.5, 0.6) is 0 Å². The first kappa shape index (κ1) is 21.3. The van der Waals surface area contributed by atoms with Crippen LogP contribution < -0.4 is 21.3 Å². The molecule has 9 nitrogen and oxygen atoms in total. The first-order chi connectivity index (χ1) is 15.0. The Morgan fingerprint density at radius 3 is 2.71 bits per heavy atom. The normalized spacial score (nSPS) is 24.0. The Balaban J connectivity index is 1.50. The summed E-state index contributed by atoms with van der Waals surface area (Å²) in [6.45, 7) is 1.18. The molecule has 9 heteroatoms. The number of H-pyrrole nitrogens is 1. The minimum Gasteiger partial charge on any atom is -0.391 e. The Hall–Kier alpha value is -2.94. The van der Waals surface area contributed by atoms with Crippen molar-refractivity contribution in [2.24, 2.45) is 0 Å². The molecule has 3 unspecified atom stereocenters. The number of carbonyl (C=O) groups excluding carboxylic acids is 1. The second-order valence-electron chi connectivity index (χ2n) is 8.38. The maximum Gasteiger partial charge on any atom is 0.267 e. The van der Waals surface area contributed by atoms with Crippen molar-refractivity contribution in [3.8, 4) is 0 Å². The molecule has 0 spiro atoms. The fraction of sp³-hybridized carbons (Fsp3) is 0.545. The van der Waals surface area contributed by atoms with Crippen molar-refractivity contribution >= 4 is 11.7 Å². The maximum atomic E-state index is 12.5. The third-order valence-electron chi connectivity index (χ3n) is 6.25. The van der Waals surface area contributed by atoms with Gasteiger partial charge >= 0.3 is 0 Å². The highest BCUT2D eigenvalue weighted by Crippen LogP contribution is 2.28. The molecule has 1 saturated heterocycles. The minimum absolute atomic E-state index is 0.0304. The zero-order valence-corrected chi connectivity index (χ0v) is 17.5. The van der Waals surface area contributed by atoms with E-state index in [0.29, 0.717) is 18.8 Å². The molecule has 2 fully saturated rings. The zero-order valence-electron chi connectivity index (χ0n) is 17.5. The van der Waals surface area contributed by atoms with Crippen molar-refractivity contribution in [1.82, 2.24) is 20.1 Å². The fourth-order valence-corrected chi connectivity index (χ4v) is 4.58. The van der Waals surface area contributed by atoms with Crippen molar-refractivity contribution in [2.45, 2.75) is 63.1 Å². The SMILES string of the molecule is O=C(NCC1CCCCN1c1ccc(=O)n(C2CCCCC2O)n1)c1cccc(=O)[nH]1. The van der Waals surface area contributed by atoms with E-state index in [1.807, 2.05) is 0 Å². The second kappa shape index (κ2) is 9.47. The molecular weight excluding hydrogens is 398 g/mol. The van der Waals surface area contributed by atoms with Gasteiger partial charge in [-0.05, 0) is 44.2 Å². The number of piperidine rings is 1. The summed E-state index contributed by atoms with van der Waals surface area (Å²) >= 11 is 0. The van der Waals surface area contributed by atoms with Gasteiger partial charge in [0, 0.05) is 31.3 Å². The van der Waals surface area contributed by atoms with Crippen LogP contribution in [0.25, 0.3) is 0 Å². The van der Waals surface area contributed by atoms with Crippen LogP contribution in [0.15, 0.2) is 39.9 Å². The Bertz CT molecular complexity index is 1030. The van der Waals surface area contributed by atoms with Gasteiger partial charge in [0.1, 0.15) is 11.5 Å². The van der Waals surface area contributed by atoms with Crippen LogP contribution in [-0.2, 0) is 0 Å². The van der Waals surface area contributed by atoms with Crippen LogP contribution in [-0.4, -0.2) is 51.0 Å². The summed E-state index contributed by atoms with van der Waals surface area (Å²) in [5, 5.41) is 17.9. The van der Waals surface area contributed by atoms with E-state index in [0.717, 1.165) is 45.1 Å². The molecule has 0 bridgehead atoms. The van der Waals surface area contributed by atoms with Crippen LogP contribution in [0.4, 0.5) is 5.82 Å². The first-order valence-corrected chi connectivity index (χ1v) is 11.0. The maximum absolute atomic E-state index is 12.5. The standard InChI is InChI=1S/C22H29N5O4/c28-18-9-2-1-8-17(18)27-21(30)12-11-19(25-27)26-13-4-3-6-15(26)14-23-22(31)16-7-5-10-20(29)24-16/h5,7,10-12,15,17-18,28H,1-4,6,8-9,13-14H2,(H,23,31)(H,24,29). The van der Waals surface area contributed by atoms with Crippen molar-refractivity contribution < 1.29 is 9.90 Å². The number of aromatic amines is 1. The van der Waals surface area contributed by atoms with Gasteiger partial charge in [0.15, 0.2) is 0 Å². The molecule has 2 aromatic heterocycles. The number of anilines is 1. The van der Waals surface area contributed by atoms with E-state index in [4.69, 9.17) is 0 Å². The lowest BCUT2D eigenvalue weighted by Crippen LogP contribution is -2.48. The lowest BCUT2D eigenvalue weighted by Gasteiger charge is -2.37. The number of rotatable bonds is 5. The van der Waals surface area contributed by atoms with Gasteiger partial charge < -0.3 is 20.3 Å². The molecule has 1 saturated carbocycles. The van der Waals surface area contributed by atoms with E-state index in [9.17, 15) is 19.5 Å². The summed E-state index contributed by atoms with van der Waals surface area (Å²) in [6.07, 6.45) is 5.74. The number of aromatic nitrogens is 3. The molecule has 1 amide bonds. The number of pyridine rings is 1. The van der Waals surface area contributed by atoms with E-state index in [2.05, 4.69) is 20.3 Å². The number of nitrogens with one attached hydrogen (secondary N) is 2. The van der Waals surface area contributed by atoms with Gasteiger partial charge in [0.25, 0.3) is 11.5 Å². The van der Waals surface area contributed by atoms with Crippen molar-refractivity contribution in [3.05, 3.63) is 56.7 Å². The number of nitrogens with zero attached hydrogens (tertiary/aromatic N) is 3. The molecule has 3 heterocycles. The lowest BCUT2D eigenvalue weighted by atomic mass is 9.93. The molecule has 4 rings (SSSR count). The summed E-state index contributed by atoms with van der Waals surface area (Å²) in [5.74, 6) is 0.357. The minimum atomic E-state index is -0.557. The van der Waals surface area contributed by atoms with Gasteiger partial charge in [-0.2, -0.15) is 5.10 Å². The van der Waals surface area contributed by atoms with E-state index >= 15 is 0 Å². The quantitative estimate of drug-likeness (QED) is 0.659. The summed E-state index contributed by atoms with van der Waals surface area (Å²) in [5.41, 5.74) is -0.291. The summed E-state index contributed by atoms with van der Waals surface area (Å²) in [6, 6.07) is 7.46. The monoisotopic (exact) mass is 427 g/mol. The molecule has 2 aromatic rings. The number of aliphatic hydroxyl groups excluding tert-OH is 1. The van der Waals surface area contributed by atoms with Crippen LogP contribution in [0.2, 0.25) is 0 Å². The molecule has 0 aromatic carbocycles. The molecule has 1 aliphatic carbocycles. The van der Waals surface area contributed by atoms with Gasteiger partial charge in [-0.15, -0.1) is 0 Å². The molecular formula is C22H29N5O4. The van der Waals surface area contributed by atoms with Crippen molar-refractivity contribution in [1.29, 1.82) is 0 Å². The number of aliphatic hydroxyl groups is 1. The van der Waals surface area contributed by atoms with Gasteiger partial charge in [-0.25, -0.2) is 4.68 Å². The third kappa shape index (κ3) is 4.87. The average molecular weight is 428 g/mol. The van der Waals surface area contributed by atoms with Gasteiger partial charge in [0.2, 0.25) is 5.56 Å². The largest absolute Gasteiger partial charge is 0.391 e. The highest BCUT2D eigenvalue weighted by Gasteiger charge is 2.29. The summed E-state index contributed by atoms with van der Waals surface area (Å²) in [4.78, 5) is 41.0. The Labute approximate surface area is 180 Å². The van der Waals surface area contributed by atoms with Gasteiger partial charge in [0.05, 0.1) is 12.1 Å². The fourth-order valence-electron chi connectivity index (χ4n) is 4.58. The van der Waals surface area contributed by atoms with Crippen LogP contribution in [0.3, 0.4) is 0 Å². The van der Waals surface area contributed by atoms with Crippen LogP contribution >= 0.6 is 0 Å². The van der Waals surface area contributed by atoms with E-state index in [-0.39, 0.29) is 34.8 Å². The summed E-state index contributed by atoms with van der Waals surface area (Å²) in [7, 11) is 0. The lowest BCUT2D eigenvalue weighted by molar-refractivity contribution is 0.0669. The Morgan fingerprint density at radius 2 is 1.90 bits per heavy atom. The predicted octanol–water partition coefficient (Wildman–Crippen LogP) is 1.20. The zero-order chi connectivity index (χ0) is 21.8. The number of hydrogen-bond donors (Lipinski definition) is 3. The molecule has 31 heavy (non-hydrogen) atoms. The number of carbonyl (C=O) groups is 1. The highest BCUT2D eigenvalue weighted by atomic mass is 16.3. The smallest absolute Gasteiger partial charge is 0.267 e. The topological polar surface area (TPSA) is 120 Å². The number of hydrogen-bond acceptors (Lipinski definition) is 6. The predicted molar refractivity (Wildman–Crippen MR) is 116 cm³/mol. The Morgan fingerprint density at radius 1 is 1.10 bits per heavy atom. The van der Waals surface area contributed by atoms with Crippen molar-refractivity contribution in [2.75, 3.05) is 18.0 Å². The van der Waals surface area contributed by atoms with Gasteiger partial charge in [-0.1, -0.05) is 18.9 Å². The molecule has 3 atom stereocenters. The van der Waals surface area contributed by atoms with Crippen LogP contribution in [0, 0.1) is 0 Å². The highest BCUT2D eigenvalue weighted by molar-refractivity contribution is 5.92. The van der Waals surface area contributed by atoms with Crippen molar-refractivity contribution in [3.63, 3.8) is 0 Å². The molecule has 1 aliphatic heterocycles. The number of amides is 1. The third-order valence-corrected chi connectivity index (χ3v) is 6.25. The average Bonchev–Trinajstić information content (AvgIpc) is 2.78. The molecule has 166 valence electrons. The Kier molecular flexibility index (Phi) is 6.50. The molecule has 0 radical (unpaired) electrons. The molecule has 2 aliphatic rings. The van der Waals surface area contributed by atoms with E-state index in [1.54, 1.807) is 18.2 Å². The second-order valence-corrected chi connectivity index (χ2v) is 8.38. The molecule has 3 N–H and O–H groups in total. The van der Waals surface area contributed by atoms with E-state index < -0.39 is 6.10 Å². The van der Waals surface area contributed by atoms with Crippen LogP contribution in [0.1, 0.15) is 61.5 Å². The first-order valence-electron chi connectivity index (χ1n) is 11.0. The van der Waals surface area contributed by atoms with Gasteiger partial charge in [-0.3, -0.25) is 14.4 Å². The summed E-state index contributed by atoms with van der Waals surface area (Å²) < 4.78 is 1.44.